The summed E-state index contributed by atoms with van der Waals surface area (Å²) in [7, 11) is 3.47. The van der Waals surface area contributed by atoms with Crippen LogP contribution >= 0.6 is 0 Å². The van der Waals surface area contributed by atoms with Gasteiger partial charge in [0, 0.05) is 43.7 Å². The van der Waals surface area contributed by atoms with Gasteiger partial charge in [-0.3, -0.25) is 9.48 Å². The molecule has 6 heteroatoms. The molecule has 1 aromatic carbocycles. The van der Waals surface area contributed by atoms with Crippen LogP contribution < -0.4 is 5.32 Å². The molecule has 1 aromatic heterocycles. The van der Waals surface area contributed by atoms with Crippen LogP contribution in [0.15, 0.2) is 36.7 Å². The third-order valence-corrected chi connectivity index (χ3v) is 3.03. The third-order valence-electron chi connectivity index (χ3n) is 3.03. The van der Waals surface area contributed by atoms with E-state index in [4.69, 9.17) is 5.11 Å². The number of hydrogen-bond acceptors (Lipinski definition) is 4. The Labute approximate surface area is 124 Å². The van der Waals surface area contributed by atoms with E-state index in [-0.39, 0.29) is 12.5 Å². The van der Waals surface area contributed by atoms with Crippen LogP contribution in [0.1, 0.15) is 15.9 Å². The van der Waals surface area contributed by atoms with E-state index in [1.807, 2.05) is 24.4 Å². The fraction of sp³-hybridized carbons (Fsp3) is 0.333. The van der Waals surface area contributed by atoms with Crippen LogP contribution in [0.5, 0.6) is 0 Å². The number of anilines is 1. The number of aromatic nitrogens is 2. The molecular formula is C15H20N4O2. The van der Waals surface area contributed by atoms with Crippen LogP contribution in [-0.4, -0.2) is 46.4 Å². The standard InChI is InChI=1S/C15H20N4O2/c1-18(2)15(21)13-4-3-5-14(8-13)16-9-12-10-17-19(11-12)6-7-20/h3-5,8,10-11,16,20H,6-7,9H2,1-2H3. The van der Waals surface area contributed by atoms with Gasteiger partial charge in [-0.25, -0.2) is 0 Å². The lowest BCUT2D eigenvalue weighted by atomic mass is 10.2. The number of amides is 1. The molecule has 0 spiro atoms. The molecule has 2 rings (SSSR count). The average molecular weight is 288 g/mol. The van der Waals surface area contributed by atoms with Gasteiger partial charge in [-0.05, 0) is 18.2 Å². The SMILES string of the molecule is CN(C)C(=O)c1cccc(NCc2cnn(CCO)c2)c1. The number of nitrogens with zero attached hydrogens (tertiary/aromatic N) is 3. The fourth-order valence-corrected chi connectivity index (χ4v) is 1.95. The van der Waals surface area contributed by atoms with Gasteiger partial charge < -0.3 is 15.3 Å². The number of nitrogens with one attached hydrogen (secondary N) is 1. The Morgan fingerprint density at radius 2 is 2.24 bits per heavy atom. The topological polar surface area (TPSA) is 70.4 Å². The first-order chi connectivity index (χ1) is 10.1. The highest BCUT2D eigenvalue weighted by molar-refractivity contribution is 5.94. The lowest BCUT2D eigenvalue weighted by molar-refractivity contribution is 0.0827. The molecule has 1 amide bonds. The number of carbonyl (C=O) groups is 1. The van der Waals surface area contributed by atoms with Crippen LogP contribution in [0.25, 0.3) is 0 Å². The summed E-state index contributed by atoms with van der Waals surface area (Å²) in [6, 6.07) is 7.41. The van der Waals surface area contributed by atoms with Gasteiger partial charge in [-0.2, -0.15) is 5.10 Å². The summed E-state index contributed by atoms with van der Waals surface area (Å²) in [5.74, 6) is -0.0191. The molecule has 1 heterocycles. The molecule has 0 radical (unpaired) electrons. The Bertz CT molecular complexity index is 607. The number of rotatable bonds is 6. The smallest absolute Gasteiger partial charge is 0.253 e. The second-order valence-electron chi connectivity index (χ2n) is 4.97. The minimum atomic E-state index is -0.0191. The van der Waals surface area contributed by atoms with Gasteiger partial charge in [-0.1, -0.05) is 6.07 Å². The monoisotopic (exact) mass is 288 g/mol. The Hall–Kier alpha value is -2.34. The third kappa shape index (κ3) is 4.06. The van der Waals surface area contributed by atoms with Crippen molar-refractivity contribution in [1.82, 2.24) is 14.7 Å². The molecule has 0 unspecified atom stereocenters. The minimum absolute atomic E-state index is 0.0191. The van der Waals surface area contributed by atoms with E-state index in [0.717, 1.165) is 11.3 Å². The van der Waals surface area contributed by atoms with Crippen molar-refractivity contribution in [3.63, 3.8) is 0 Å². The Morgan fingerprint density at radius 1 is 1.43 bits per heavy atom. The maximum Gasteiger partial charge on any atom is 0.253 e. The zero-order chi connectivity index (χ0) is 15.2. The van der Waals surface area contributed by atoms with E-state index >= 15 is 0 Å². The van der Waals surface area contributed by atoms with Crippen LogP contribution in [0.3, 0.4) is 0 Å². The summed E-state index contributed by atoms with van der Waals surface area (Å²) in [4.78, 5) is 13.5. The first kappa shape index (κ1) is 15.1. The summed E-state index contributed by atoms with van der Waals surface area (Å²) in [6.45, 7) is 1.18. The number of aliphatic hydroxyl groups excluding tert-OH is 1. The number of aliphatic hydroxyl groups is 1. The molecule has 0 atom stereocenters. The molecule has 0 aliphatic rings. The van der Waals surface area contributed by atoms with Crippen LogP contribution in [-0.2, 0) is 13.1 Å². The van der Waals surface area contributed by atoms with Gasteiger partial charge in [0.15, 0.2) is 0 Å². The molecule has 0 fully saturated rings. The van der Waals surface area contributed by atoms with Crippen LogP contribution in [0.4, 0.5) is 5.69 Å². The van der Waals surface area contributed by atoms with Crippen LogP contribution in [0, 0.1) is 0 Å². The van der Waals surface area contributed by atoms with Crippen molar-refractivity contribution in [2.75, 3.05) is 26.0 Å². The number of benzene rings is 1. The first-order valence-electron chi connectivity index (χ1n) is 6.78. The van der Waals surface area contributed by atoms with Gasteiger partial charge in [0.1, 0.15) is 0 Å². The lowest BCUT2D eigenvalue weighted by Gasteiger charge is -2.11. The summed E-state index contributed by atoms with van der Waals surface area (Å²) < 4.78 is 1.70. The van der Waals surface area contributed by atoms with E-state index in [1.165, 1.54) is 0 Å². The average Bonchev–Trinajstić information content (AvgIpc) is 2.92. The summed E-state index contributed by atoms with van der Waals surface area (Å²) in [5, 5.41) is 16.3. The number of carbonyl (C=O) groups excluding carboxylic acids is 1. The molecule has 0 aliphatic carbocycles. The second kappa shape index (κ2) is 6.90. The van der Waals surface area contributed by atoms with Crippen LogP contribution in [0.2, 0.25) is 0 Å². The lowest BCUT2D eigenvalue weighted by Crippen LogP contribution is -2.21. The molecule has 0 aliphatic heterocycles. The molecule has 21 heavy (non-hydrogen) atoms. The highest BCUT2D eigenvalue weighted by Gasteiger charge is 2.08. The Balaban J connectivity index is 1.99. The maximum absolute atomic E-state index is 11.9. The predicted molar refractivity (Wildman–Crippen MR) is 81.1 cm³/mol. The molecule has 0 saturated heterocycles. The molecule has 112 valence electrons. The van der Waals surface area contributed by atoms with E-state index in [9.17, 15) is 4.79 Å². The van der Waals surface area contributed by atoms with Crippen molar-refractivity contribution in [2.45, 2.75) is 13.1 Å². The zero-order valence-electron chi connectivity index (χ0n) is 12.3. The zero-order valence-corrected chi connectivity index (χ0v) is 12.3. The molecule has 0 bridgehead atoms. The van der Waals surface area contributed by atoms with E-state index in [2.05, 4.69) is 10.4 Å². The summed E-state index contributed by atoms with van der Waals surface area (Å²) in [5.41, 5.74) is 2.56. The van der Waals surface area contributed by atoms with Crippen molar-refractivity contribution in [2.24, 2.45) is 0 Å². The van der Waals surface area contributed by atoms with Crippen molar-refractivity contribution in [1.29, 1.82) is 0 Å². The highest BCUT2D eigenvalue weighted by Crippen LogP contribution is 2.13. The van der Waals surface area contributed by atoms with Crippen molar-refractivity contribution in [3.05, 3.63) is 47.8 Å². The quantitative estimate of drug-likeness (QED) is 0.837. The largest absolute Gasteiger partial charge is 0.394 e. The Kier molecular flexibility index (Phi) is 4.94. The molecular weight excluding hydrogens is 268 g/mol. The predicted octanol–water partition coefficient (Wildman–Crippen LogP) is 1.19. The van der Waals surface area contributed by atoms with Crippen molar-refractivity contribution >= 4 is 11.6 Å². The van der Waals surface area contributed by atoms with Gasteiger partial charge in [0.05, 0.1) is 19.3 Å². The first-order valence-corrected chi connectivity index (χ1v) is 6.78. The molecule has 6 nitrogen and oxygen atoms in total. The normalized spacial score (nSPS) is 10.4. The van der Waals surface area contributed by atoms with Gasteiger partial charge >= 0.3 is 0 Å². The van der Waals surface area contributed by atoms with E-state index < -0.39 is 0 Å². The summed E-state index contributed by atoms with van der Waals surface area (Å²) >= 11 is 0. The van der Waals surface area contributed by atoms with E-state index in [1.54, 1.807) is 35.9 Å². The van der Waals surface area contributed by atoms with E-state index in [0.29, 0.717) is 18.7 Å². The molecule has 2 N–H and O–H groups in total. The maximum atomic E-state index is 11.9. The van der Waals surface area contributed by atoms with Crippen molar-refractivity contribution < 1.29 is 9.90 Å². The van der Waals surface area contributed by atoms with Crippen molar-refractivity contribution in [3.8, 4) is 0 Å². The summed E-state index contributed by atoms with van der Waals surface area (Å²) in [6.07, 6.45) is 3.65. The van der Waals surface area contributed by atoms with Gasteiger partial charge in [0.25, 0.3) is 5.91 Å². The second-order valence-corrected chi connectivity index (χ2v) is 4.97. The fourth-order valence-electron chi connectivity index (χ4n) is 1.95. The minimum Gasteiger partial charge on any atom is -0.394 e. The Morgan fingerprint density at radius 3 is 2.95 bits per heavy atom. The van der Waals surface area contributed by atoms with Gasteiger partial charge in [0.2, 0.25) is 0 Å². The highest BCUT2D eigenvalue weighted by atomic mass is 16.3. The van der Waals surface area contributed by atoms with Gasteiger partial charge in [-0.15, -0.1) is 0 Å². The molecule has 0 saturated carbocycles. The number of hydrogen-bond donors (Lipinski definition) is 2. The molecule has 2 aromatic rings.